The molecule has 1 aromatic carbocycles. The summed E-state index contributed by atoms with van der Waals surface area (Å²) in [5, 5.41) is 6.18. The highest BCUT2D eigenvalue weighted by atomic mass is 16.2. The van der Waals surface area contributed by atoms with Crippen LogP contribution in [0.5, 0.6) is 0 Å². The molecule has 0 saturated carbocycles. The van der Waals surface area contributed by atoms with E-state index in [4.69, 9.17) is 10.7 Å². The zero-order chi connectivity index (χ0) is 19.1. The lowest BCUT2D eigenvalue weighted by Gasteiger charge is -2.40. The van der Waals surface area contributed by atoms with Crippen molar-refractivity contribution in [1.29, 1.82) is 0 Å². The number of hydrogen-bond acceptors (Lipinski definition) is 4. The maximum Gasteiger partial charge on any atom is 0.316 e. The third-order valence-electron chi connectivity index (χ3n) is 5.58. The number of amides is 2. The normalized spacial score (nSPS) is 19.5. The van der Waals surface area contributed by atoms with Gasteiger partial charge in [-0.1, -0.05) is 12.1 Å². The minimum Gasteiger partial charge on any atom is -0.378 e. The average Bonchev–Trinajstić information content (AvgIpc) is 2.72. The van der Waals surface area contributed by atoms with Crippen LogP contribution in [0.3, 0.4) is 0 Å². The van der Waals surface area contributed by atoms with Gasteiger partial charge in [0.2, 0.25) is 0 Å². The fourth-order valence-electron chi connectivity index (χ4n) is 3.27. The SMILES string of the molecule is Cc1cccc(NC(N)=O)c1CNC1=CC=CN2C1=NC(C)(C)C2(C)C. The van der Waals surface area contributed by atoms with Gasteiger partial charge < -0.3 is 21.3 Å². The summed E-state index contributed by atoms with van der Waals surface area (Å²) in [5.41, 5.74) is 8.78. The zero-order valence-electron chi connectivity index (χ0n) is 16.1. The Balaban J connectivity index is 1.85. The van der Waals surface area contributed by atoms with E-state index in [0.29, 0.717) is 6.54 Å². The summed E-state index contributed by atoms with van der Waals surface area (Å²) in [6.07, 6.45) is 6.14. The van der Waals surface area contributed by atoms with Gasteiger partial charge >= 0.3 is 6.03 Å². The van der Waals surface area contributed by atoms with Gasteiger partial charge in [0.15, 0.2) is 5.84 Å². The largest absolute Gasteiger partial charge is 0.378 e. The Kier molecular flexibility index (Phi) is 4.30. The van der Waals surface area contributed by atoms with Crippen LogP contribution in [0.1, 0.15) is 38.8 Å². The highest BCUT2D eigenvalue weighted by molar-refractivity contribution is 6.02. The van der Waals surface area contributed by atoms with Crippen LogP contribution in [0.15, 0.2) is 47.2 Å². The maximum atomic E-state index is 11.3. The second-order valence-corrected chi connectivity index (χ2v) is 7.79. The summed E-state index contributed by atoms with van der Waals surface area (Å²) < 4.78 is 0. The van der Waals surface area contributed by atoms with Crippen molar-refractivity contribution in [2.24, 2.45) is 10.7 Å². The number of aryl methyl sites for hydroxylation is 1. The van der Waals surface area contributed by atoms with Gasteiger partial charge in [0, 0.05) is 18.4 Å². The Labute approximate surface area is 154 Å². The number of fused-ring (bicyclic) bond motifs is 1. The summed E-state index contributed by atoms with van der Waals surface area (Å²) in [4.78, 5) is 18.4. The van der Waals surface area contributed by atoms with Crippen molar-refractivity contribution in [1.82, 2.24) is 10.2 Å². The fraction of sp³-hybridized carbons (Fsp3) is 0.400. The van der Waals surface area contributed by atoms with E-state index in [0.717, 1.165) is 28.3 Å². The predicted molar refractivity (Wildman–Crippen MR) is 106 cm³/mol. The molecular weight excluding hydrogens is 326 g/mol. The number of carbonyl (C=O) groups excluding carboxylic acids is 1. The smallest absolute Gasteiger partial charge is 0.316 e. The molecule has 0 radical (unpaired) electrons. The van der Waals surface area contributed by atoms with Crippen LogP contribution >= 0.6 is 0 Å². The minimum atomic E-state index is -0.563. The Bertz CT molecular complexity index is 833. The molecule has 0 spiro atoms. The van der Waals surface area contributed by atoms with Crippen molar-refractivity contribution in [3.63, 3.8) is 0 Å². The van der Waals surface area contributed by atoms with Crippen LogP contribution in [0.4, 0.5) is 10.5 Å². The van der Waals surface area contributed by atoms with Crippen molar-refractivity contribution in [3.05, 3.63) is 53.4 Å². The number of nitrogens with two attached hydrogens (primary N) is 1. The van der Waals surface area contributed by atoms with Crippen LogP contribution in [0.2, 0.25) is 0 Å². The van der Waals surface area contributed by atoms with E-state index in [1.807, 2.05) is 37.3 Å². The van der Waals surface area contributed by atoms with Crippen LogP contribution < -0.4 is 16.4 Å². The van der Waals surface area contributed by atoms with Gasteiger partial charge in [-0.05, 0) is 64.0 Å². The highest BCUT2D eigenvalue weighted by Crippen LogP contribution is 2.40. The molecule has 6 nitrogen and oxygen atoms in total. The number of rotatable bonds is 4. The molecule has 0 aliphatic carbocycles. The first-order chi connectivity index (χ1) is 12.1. The molecule has 0 saturated heterocycles. The molecule has 6 heteroatoms. The number of benzene rings is 1. The summed E-state index contributed by atoms with van der Waals surface area (Å²) in [6.45, 7) is 11.3. The number of nitrogens with zero attached hydrogens (tertiary/aromatic N) is 2. The molecule has 26 heavy (non-hydrogen) atoms. The Hall–Kier alpha value is -2.76. The van der Waals surface area contributed by atoms with E-state index in [1.165, 1.54) is 0 Å². The number of allylic oxidation sites excluding steroid dienone is 2. The molecule has 2 aliphatic rings. The Morgan fingerprint density at radius 1 is 1.27 bits per heavy atom. The van der Waals surface area contributed by atoms with Crippen LogP contribution in [0.25, 0.3) is 0 Å². The number of urea groups is 1. The number of carbonyl (C=O) groups is 1. The van der Waals surface area contributed by atoms with Gasteiger partial charge in [-0.15, -0.1) is 0 Å². The number of amidine groups is 1. The Morgan fingerprint density at radius 3 is 2.69 bits per heavy atom. The number of aliphatic imine (C=N–C) groups is 1. The quantitative estimate of drug-likeness (QED) is 0.777. The number of primary amides is 1. The zero-order valence-corrected chi connectivity index (χ0v) is 16.1. The standard InChI is InChI=1S/C20H27N5O/c1-13-8-6-9-15(23-18(21)26)14(13)12-22-16-10-7-11-25-17(16)24-19(2,3)20(25,4)5/h6-11,22H,12H2,1-5H3,(H3,21,23,26). The molecule has 0 unspecified atom stereocenters. The lowest BCUT2D eigenvalue weighted by Crippen LogP contribution is -2.51. The van der Waals surface area contributed by atoms with E-state index >= 15 is 0 Å². The molecule has 2 aliphatic heterocycles. The second kappa shape index (κ2) is 6.20. The van der Waals surface area contributed by atoms with Gasteiger partial charge in [-0.2, -0.15) is 0 Å². The summed E-state index contributed by atoms with van der Waals surface area (Å²) in [7, 11) is 0. The van der Waals surface area contributed by atoms with E-state index in [-0.39, 0.29) is 11.1 Å². The van der Waals surface area contributed by atoms with Gasteiger partial charge in [0.25, 0.3) is 0 Å². The predicted octanol–water partition coefficient (Wildman–Crippen LogP) is 3.26. The lowest BCUT2D eigenvalue weighted by atomic mass is 9.83. The molecule has 1 aromatic rings. The highest BCUT2D eigenvalue weighted by Gasteiger charge is 2.49. The minimum absolute atomic E-state index is 0.110. The summed E-state index contributed by atoms with van der Waals surface area (Å²) in [6, 6.07) is 5.21. The van der Waals surface area contributed by atoms with E-state index < -0.39 is 6.03 Å². The molecule has 4 N–H and O–H groups in total. The average molecular weight is 353 g/mol. The van der Waals surface area contributed by atoms with Crippen molar-refractivity contribution < 1.29 is 4.79 Å². The van der Waals surface area contributed by atoms with Gasteiger partial charge in [-0.3, -0.25) is 4.99 Å². The summed E-state index contributed by atoms with van der Waals surface area (Å²) in [5.74, 6) is 0.945. The monoisotopic (exact) mass is 353 g/mol. The van der Waals surface area contributed by atoms with E-state index in [2.05, 4.69) is 49.4 Å². The lowest BCUT2D eigenvalue weighted by molar-refractivity contribution is 0.203. The molecular formula is C20H27N5O. The molecule has 0 aromatic heterocycles. The number of hydrogen-bond donors (Lipinski definition) is 3. The van der Waals surface area contributed by atoms with Crippen molar-refractivity contribution in [2.45, 2.75) is 52.2 Å². The summed E-state index contributed by atoms with van der Waals surface area (Å²) >= 11 is 0. The molecule has 0 atom stereocenters. The van der Waals surface area contributed by atoms with Crippen molar-refractivity contribution in [3.8, 4) is 0 Å². The molecule has 0 bridgehead atoms. The van der Waals surface area contributed by atoms with Crippen molar-refractivity contribution in [2.75, 3.05) is 5.32 Å². The second-order valence-electron chi connectivity index (χ2n) is 7.79. The molecule has 2 amide bonds. The van der Waals surface area contributed by atoms with Gasteiger partial charge in [0.05, 0.1) is 16.8 Å². The third-order valence-corrected chi connectivity index (χ3v) is 5.58. The van der Waals surface area contributed by atoms with Gasteiger partial charge in [0.1, 0.15) is 0 Å². The number of nitrogens with one attached hydrogen (secondary N) is 2. The topological polar surface area (TPSA) is 82.7 Å². The van der Waals surface area contributed by atoms with Gasteiger partial charge in [-0.25, -0.2) is 4.79 Å². The van der Waals surface area contributed by atoms with Crippen LogP contribution in [-0.4, -0.2) is 27.8 Å². The first kappa shape index (κ1) is 18.0. The third kappa shape index (κ3) is 2.96. The molecule has 2 heterocycles. The molecule has 3 rings (SSSR count). The first-order valence-corrected chi connectivity index (χ1v) is 8.80. The van der Waals surface area contributed by atoms with E-state index in [1.54, 1.807) is 0 Å². The Morgan fingerprint density at radius 2 is 2.00 bits per heavy atom. The van der Waals surface area contributed by atoms with Crippen LogP contribution in [0, 0.1) is 6.92 Å². The van der Waals surface area contributed by atoms with Crippen molar-refractivity contribution >= 4 is 17.6 Å². The fourth-order valence-corrected chi connectivity index (χ4v) is 3.27. The molecule has 138 valence electrons. The van der Waals surface area contributed by atoms with Crippen LogP contribution in [-0.2, 0) is 6.54 Å². The van der Waals surface area contributed by atoms with E-state index in [9.17, 15) is 4.79 Å². The molecule has 0 fully saturated rings. The first-order valence-electron chi connectivity index (χ1n) is 8.80. The maximum absolute atomic E-state index is 11.3. The number of anilines is 1.